The van der Waals surface area contributed by atoms with Crippen LogP contribution in [0.4, 0.5) is 5.95 Å². The van der Waals surface area contributed by atoms with E-state index in [0.29, 0.717) is 11.6 Å². The van der Waals surface area contributed by atoms with Crippen molar-refractivity contribution in [3.05, 3.63) is 53.3 Å². The molecule has 0 saturated carbocycles. The molecule has 0 N–H and O–H groups in total. The number of aromatic nitrogens is 2. The third-order valence-corrected chi connectivity index (χ3v) is 2.64. The fraction of sp³-hybridized carbons (Fsp3) is 0.214. The normalized spacial score (nSPS) is 9.83. The van der Waals surface area contributed by atoms with E-state index < -0.39 is 0 Å². The molecule has 0 saturated heterocycles. The largest absolute Gasteiger partial charge is 0.340 e. The summed E-state index contributed by atoms with van der Waals surface area (Å²) in [5.74, 6) is 0.564. The van der Waals surface area contributed by atoms with Crippen LogP contribution in [0.3, 0.4) is 0 Å². The molecule has 0 spiro atoms. The first-order valence-corrected chi connectivity index (χ1v) is 5.69. The van der Waals surface area contributed by atoms with Crippen molar-refractivity contribution >= 4 is 5.95 Å². The van der Waals surface area contributed by atoms with Crippen LogP contribution in [-0.2, 0) is 6.54 Å². The second kappa shape index (κ2) is 5.28. The number of hydrogen-bond acceptors (Lipinski definition) is 4. The zero-order valence-electron chi connectivity index (χ0n) is 10.5. The van der Waals surface area contributed by atoms with Gasteiger partial charge in [-0.05, 0) is 18.6 Å². The number of benzene rings is 1. The molecule has 2 aromatic rings. The van der Waals surface area contributed by atoms with Crippen LogP contribution in [0.5, 0.6) is 0 Å². The van der Waals surface area contributed by atoms with E-state index in [1.165, 1.54) is 11.1 Å². The lowest BCUT2D eigenvalue weighted by molar-refractivity contribution is 0.863. The molecule has 0 aliphatic heterocycles. The van der Waals surface area contributed by atoms with Gasteiger partial charge in [0.25, 0.3) is 0 Å². The standard InChI is InChI=1S/C14H14N4/c1-11-3-5-12(6-4-11)10-18(2)14-16-8-7-13(9-15)17-14/h3-8H,10H2,1-2H3. The molecule has 1 aromatic heterocycles. The third kappa shape index (κ3) is 2.83. The Morgan fingerprint density at radius 3 is 2.61 bits per heavy atom. The number of hydrogen-bond donors (Lipinski definition) is 0. The summed E-state index contributed by atoms with van der Waals surface area (Å²) < 4.78 is 0. The molecule has 0 fully saturated rings. The molecule has 0 atom stereocenters. The van der Waals surface area contributed by atoms with Crippen molar-refractivity contribution in [1.82, 2.24) is 9.97 Å². The molecule has 0 aliphatic rings. The Kier molecular flexibility index (Phi) is 3.54. The molecule has 4 nitrogen and oxygen atoms in total. The van der Waals surface area contributed by atoms with Gasteiger partial charge in [-0.15, -0.1) is 0 Å². The van der Waals surface area contributed by atoms with Crippen molar-refractivity contribution in [2.75, 3.05) is 11.9 Å². The Morgan fingerprint density at radius 2 is 1.94 bits per heavy atom. The van der Waals surface area contributed by atoms with Crippen LogP contribution in [0.1, 0.15) is 16.8 Å². The predicted octanol–water partition coefficient (Wildman–Crippen LogP) is 2.29. The van der Waals surface area contributed by atoms with E-state index >= 15 is 0 Å². The van der Waals surface area contributed by atoms with Gasteiger partial charge in [-0.1, -0.05) is 29.8 Å². The maximum atomic E-state index is 8.81. The summed E-state index contributed by atoms with van der Waals surface area (Å²) in [5, 5.41) is 8.81. The Balaban J connectivity index is 2.14. The molecule has 0 aliphatic carbocycles. The quantitative estimate of drug-likeness (QED) is 0.823. The first kappa shape index (κ1) is 12.1. The third-order valence-electron chi connectivity index (χ3n) is 2.64. The Hall–Kier alpha value is -2.41. The summed E-state index contributed by atoms with van der Waals surface area (Å²) >= 11 is 0. The molecule has 4 heteroatoms. The summed E-state index contributed by atoms with van der Waals surface area (Å²) in [6.07, 6.45) is 1.60. The van der Waals surface area contributed by atoms with Crippen molar-refractivity contribution in [2.45, 2.75) is 13.5 Å². The summed E-state index contributed by atoms with van der Waals surface area (Å²) in [7, 11) is 1.91. The fourth-order valence-electron chi connectivity index (χ4n) is 1.63. The van der Waals surface area contributed by atoms with Crippen LogP contribution in [0.2, 0.25) is 0 Å². The highest BCUT2D eigenvalue weighted by molar-refractivity contribution is 5.34. The minimum atomic E-state index is 0.385. The molecule has 1 heterocycles. The van der Waals surface area contributed by atoms with Gasteiger partial charge < -0.3 is 4.90 Å². The minimum absolute atomic E-state index is 0.385. The van der Waals surface area contributed by atoms with Crippen molar-refractivity contribution in [1.29, 1.82) is 5.26 Å². The van der Waals surface area contributed by atoms with Crippen LogP contribution in [-0.4, -0.2) is 17.0 Å². The van der Waals surface area contributed by atoms with Crippen LogP contribution in [0.25, 0.3) is 0 Å². The molecule has 0 unspecified atom stereocenters. The first-order chi connectivity index (χ1) is 8.69. The van der Waals surface area contributed by atoms with Crippen molar-refractivity contribution in [3.63, 3.8) is 0 Å². The summed E-state index contributed by atoms with van der Waals surface area (Å²) in [6, 6.07) is 11.9. The van der Waals surface area contributed by atoms with Crippen LogP contribution >= 0.6 is 0 Å². The highest BCUT2D eigenvalue weighted by Gasteiger charge is 2.05. The molecule has 90 valence electrons. The Bertz CT molecular complexity index is 569. The Morgan fingerprint density at radius 1 is 1.22 bits per heavy atom. The zero-order chi connectivity index (χ0) is 13.0. The maximum absolute atomic E-state index is 8.81. The highest BCUT2D eigenvalue weighted by atomic mass is 15.2. The lowest BCUT2D eigenvalue weighted by Gasteiger charge is -2.16. The SMILES string of the molecule is Cc1ccc(CN(C)c2nccc(C#N)n2)cc1. The van der Waals surface area contributed by atoms with Crippen LogP contribution < -0.4 is 4.90 Å². The maximum Gasteiger partial charge on any atom is 0.226 e. The lowest BCUT2D eigenvalue weighted by Crippen LogP contribution is -2.19. The van der Waals surface area contributed by atoms with Gasteiger partial charge in [-0.3, -0.25) is 0 Å². The summed E-state index contributed by atoms with van der Waals surface area (Å²) in [6.45, 7) is 2.78. The van der Waals surface area contributed by atoms with Gasteiger partial charge in [0.2, 0.25) is 5.95 Å². The summed E-state index contributed by atoms with van der Waals surface area (Å²) in [4.78, 5) is 10.2. The number of anilines is 1. The van der Waals surface area contributed by atoms with Crippen LogP contribution in [0.15, 0.2) is 36.5 Å². The molecule has 2 rings (SSSR count). The molecule has 0 amide bonds. The molecule has 1 aromatic carbocycles. The summed E-state index contributed by atoms with van der Waals surface area (Å²) in [5.41, 5.74) is 2.81. The van der Waals surface area contributed by atoms with Gasteiger partial charge in [-0.25, -0.2) is 9.97 Å². The van der Waals surface area contributed by atoms with Gasteiger partial charge >= 0.3 is 0 Å². The second-order valence-electron chi connectivity index (χ2n) is 4.20. The van der Waals surface area contributed by atoms with E-state index in [2.05, 4.69) is 41.2 Å². The van der Waals surface area contributed by atoms with Crippen LogP contribution in [0, 0.1) is 18.3 Å². The molecular formula is C14H14N4. The van der Waals surface area contributed by atoms with Crippen molar-refractivity contribution in [3.8, 4) is 6.07 Å². The highest BCUT2D eigenvalue weighted by Crippen LogP contribution is 2.11. The van der Waals surface area contributed by atoms with Crippen molar-refractivity contribution < 1.29 is 0 Å². The molecule has 18 heavy (non-hydrogen) atoms. The monoisotopic (exact) mass is 238 g/mol. The second-order valence-corrected chi connectivity index (χ2v) is 4.20. The van der Waals surface area contributed by atoms with E-state index in [9.17, 15) is 0 Å². The van der Waals surface area contributed by atoms with Gasteiger partial charge in [-0.2, -0.15) is 5.26 Å². The fourth-order valence-corrected chi connectivity index (χ4v) is 1.63. The minimum Gasteiger partial charge on any atom is -0.340 e. The van der Waals surface area contributed by atoms with Gasteiger partial charge in [0.05, 0.1) is 0 Å². The van der Waals surface area contributed by atoms with E-state index in [0.717, 1.165) is 6.54 Å². The molecule has 0 radical (unpaired) electrons. The zero-order valence-corrected chi connectivity index (χ0v) is 10.5. The topological polar surface area (TPSA) is 52.8 Å². The molecular weight excluding hydrogens is 224 g/mol. The van der Waals surface area contributed by atoms with E-state index in [1.54, 1.807) is 12.3 Å². The van der Waals surface area contributed by atoms with E-state index in [1.807, 2.05) is 18.0 Å². The van der Waals surface area contributed by atoms with E-state index in [4.69, 9.17) is 5.26 Å². The number of nitriles is 1. The van der Waals surface area contributed by atoms with Gasteiger partial charge in [0, 0.05) is 19.8 Å². The first-order valence-electron chi connectivity index (χ1n) is 5.69. The number of aryl methyl sites for hydroxylation is 1. The molecule has 0 bridgehead atoms. The lowest BCUT2D eigenvalue weighted by atomic mass is 10.1. The van der Waals surface area contributed by atoms with Crippen molar-refractivity contribution in [2.24, 2.45) is 0 Å². The number of nitrogens with zero attached hydrogens (tertiary/aromatic N) is 4. The average molecular weight is 238 g/mol. The predicted molar refractivity (Wildman–Crippen MR) is 70.0 cm³/mol. The van der Waals surface area contributed by atoms with Gasteiger partial charge in [0.15, 0.2) is 0 Å². The van der Waals surface area contributed by atoms with Gasteiger partial charge in [0.1, 0.15) is 11.8 Å². The number of rotatable bonds is 3. The Labute approximate surface area is 107 Å². The smallest absolute Gasteiger partial charge is 0.226 e. The van der Waals surface area contributed by atoms with E-state index in [-0.39, 0.29) is 0 Å². The average Bonchev–Trinajstić information content (AvgIpc) is 2.41.